The summed E-state index contributed by atoms with van der Waals surface area (Å²) in [5, 5.41) is 13.2. The highest BCUT2D eigenvalue weighted by Gasteiger charge is 2.21. The Bertz CT molecular complexity index is 551. The number of aromatic nitrogens is 2. The van der Waals surface area contributed by atoms with Crippen molar-refractivity contribution in [3.63, 3.8) is 0 Å². The van der Waals surface area contributed by atoms with Crippen molar-refractivity contribution in [2.45, 2.75) is 13.0 Å². The summed E-state index contributed by atoms with van der Waals surface area (Å²) in [6.45, 7) is 1.93. The maximum atomic E-state index is 11.1. The van der Waals surface area contributed by atoms with Crippen molar-refractivity contribution in [1.29, 1.82) is 0 Å². The zero-order valence-corrected chi connectivity index (χ0v) is 11.0. The lowest BCUT2D eigenvalue weighted by Crippen LogP contribution is -2.33. The first-order chi connectivity index (χ1) is 9.09. The molecule has 0 saturated carbocycles. The van der Waals surface area contributed by atoms with Crippen molar-refractivity contribution < 1.29 is 9.90 Å². The van der Waals surface area contributed by atoms with Crippen LogP contribution in [0.2, 0.25) is 0 Å². The Morgan fingerprint density at radius 1 is 1.37 bits per heavy atom. The molecular formula is C14H17N3O2. The van der Waals surface area contributed by atoms with E-state index >= 15 is 0 Å². The van der Waals surface area contributed by atoms with Crippen LogP contribution in [0.1, 0.15) is 18.7 Å². The number of rotatable bonds is 5. The van der Waals surface area contributed by atoms with Gasteiger partial charge in [-0.25, -0.2) is 0 Å². The highest BCUT2D eigenvalue weighted by atomic mass is 16.4. The van der Waals surface area contributed by atoms with E-state index in [0.717, 1.165) is 11.4 Å². The average Bonchev–Trinajstić information content (AvgIpc) is 2.82. The van der Waals surface area contributed by atoms with Gasteiger partial charge >= 0.3 is 5.97 Å². The molecule has 0 spiro atoms. The van der Waals surface area contributed by atoms with Gasteiger partial charge in [-0.1, -0.05) is 18.2 Å². The molecule has 1 aromatic carbocycles. The molecule has 5 heteroatoms. The van der Waals surface area contributed by atoms with E-state index in [2.05, 4.69) is 5.10 Å². The second kappa shape index (κ2) is 5.56. The van der Waals surface area contributed by atoms with Crippen LogP contribution >= 0.6 is 0 Å². The van der Waals surface area contributed by atoms with E-state index in [-0.39, 0.29) is 12.6 Å². The van der Waals surface area contributed by atoms with Crippen molar-refractivity contribution >= 4 is 11.7 Å². The van der Waals surface area contributed by atoms with Crippen molar-refractivity contribution in [2.75, 3.05) is 11.4 Å². The molecule has 0 saturated heterocycles. The van der Waals surface area contributed by atoms with Crippen LogP contribution in [0.15, 0.2) is 42.6 Å². The van der Waals surface area contributed by atoms with Gasteiger partial charge in [0.2, 0.25) is 0 Å². The fourth-order valence-electron chi connectivity index (χ4n) is 2.17. The monoisotopic (exact) mass is 259 g/mol. The number of hydrogen-bond acceptors (Lipinski definition) is 3. The molecule has 0 aliphatic carbocycles. The third-order valence-electron chi connectivity index (χ3n) is 3.15. The third kappa shape index (κ3) is 2.93. The van der Waals surface area contributed by atoms with Crippen LogP contribution in [0.3, 0.4) is 0 Å². The second-order valence-corrected chi connectivity index (χ2v) is 4.41. The minimum absolute atomic E-state index is 0.0453. The minimum atomic E-state index is -0.849. The molecule has 1 unspecified atom stereocenters. The van der Waals surface area contributed by atoms with Gasteiger partial charge in [-0.15, -0.1) is 0 Å². The predicted octanol–water partition coefficient (Wildman–Crippen LogP) is 2.07. The summed E-state index contributed by atoms with van der Waals surface area (Å²) in [4.78, 5) is 12.9. The maximum absolute atomic E-state index is 11.1. The quantitative estimate of drug-likeness (QED) is 0.893. The number of nitrogens with zero attached hydrogens (tertiary/aromatic N) is 3. The molecule has 0 fully saturated rings. The normalized spacial score (nSPS) is 12.1. The molecular weight excluding hydrogens is 242 g/mol. The van der Waals surface area contributed by atoms with Gasteiger partial charge in [0.1, 0.15) is 6.54 Å². The Morgan fingerprint density at radius 2 is 2.05 bits per heavy atom. The zero-order valence-electron chi connectivity index (χ0n) is 11.0. The lowest BCUT2D eigenvalue weighted by Gasteiger charge is -2.29. The molecule has 5 nitrogen and oxygen atoms in total. The number of carbonyl (C=O) groups is 1. The smallest absolute Gasteiger partial charge is 0.323 e. The number of para-hydroxylation sites is 1. The van der Waals surface area contributed by atoms with Crippen LogP contribution in [0.5, 0.6) is 0 Å². The van der Waals surface area contributed by atoms with E-state index in [1.165, 1.54) is 0 Å². The molecule has 0 bridgehead atoms. The summed E-state index contributed by atoms with van der Waals surface area (Å²) < 4.78 is 1.77. The molecule has 19 heavy (non-hydrogen) atoms. The van der Waals surface area contributed by atoms with E-state index in [9.17, 15) is 4.79 Å². The third-order valence-corrected chi connectivity index (χ3v) is 3.15. The molecule has 2 aromatic rings. The number of anilines is 1. The van der Waals surface area contributed by atoms with Crippen molar-refractivity contribution in [1.82, 2.24) is 9.78 Å². The molecule has 1 heterocycles. The summed E-state index contributed by atoms with van der Waals surface area (Å²) in [5.41, 5.74) is 1.86. The van der Waals surface area contributed by atoms with Gasteiger partial charge in [-0.2, -0.15) is 5.10 Å². The number of aryl methyl sites for hydroxylation is 1. The van der Waals surface area contributed by atoms with Crippen molar-refractivity contribution in [2.24, 2.45) is 7.05 Å². The Morgan fingerprint density at radius 3 is 2.58 bits per heavy atom. The van der Waals surface area contributed by atoms with Crippen molar-refractivity contribution in [3.8, 4) is 0 Å². The van der Waals surface area contributed by atoms with Crippen molar-refractivity contribution in [3.05, 3.63) is 48.3 Å². The highest BCUT2D eigenvalue weighted by Crippen LogP contribution is 2.25. The van der Waals surface area contributed by atoms with Gasteiger partial charge in [0, 0.05) is 18.9 Å². The van der Waals surface area contributed by atoms with Gasteiger partial charge in [0.15, 0.2) is 0 Å². The van der Waals surface area contributed by atoms with Crippen LogP contribution < -0.4 is 4.90 Å². The molecule has 1 N–H and O–H groups in total. The summed E-state index contributed by atoms with van der Waals surface area (Å²) >= 11 is 0. The Balaban J connectivity index is 2.33. The van der Waals surface area contributed by atoms with Crippen LogP contribution in [-0.4, -0.2) is 27.4 Å². The fraction of sp³-hybridized carbons (Fsp3) is 0.286. The van der Waals surface area contributed by atoms with Crippen LogP contribution in [-0.2, 0) is 11.8 Å². The molecule has 0 aliphatic heterocycles. The van der Waals surface area contributed by atoms with Gasteiger partial charge in [0.05, 0.1) is 11.7 Å². The van der Waals surface area contributed by atoms with E-state index in [0.29, 0.717) is 0 Å². The number of hydrogen-bond donors (Lipinski definition) is 1. The summed E-state index contributed by atoms with van der Waals surface area (Å²) in [6, 6.07) is 11.4. The Labute approximate surface area is 112 Å². The lowest BCUT2D eigenvalue weighted by atomic mass is 10.1. The fourth-order valence-corrected chi connectivity index (χ4v) is 2.17. The molecule has 100 valence electrons. The number of aliphatic carboxylic acids is 1. The van der Waals surface area contributed by atoms with Gasteiger partial charge < -0.3 is 10.0 Å². The SMILES string of the molecule is CC(c1ccnn1C)N(CC(=O)O)c1ccccc1. The number of carboxylic acid groups (broad SMARTS) is 1. The largest absolute Gasteiger partial charge is 0.480 e. The first kappa shape index (κ1) is 13.1. The summed E-state index contributed by atoms with van der Waals surface area (Å²) in [6.07, 6.45) is 1.72. The topological polar surface area (TPSA) is 58.4 Å². The predicted molar refractivity (Wildman–Crippen MR) is 73.0 cm³/mol. The highest BCUT2D eigenvalue weighted by molar-refractivity contribution is 5.74. The van der Waals surface area contributed by atoms with E-state index in [4.69, 9.17) is 5.11 Å². The zero-order chi connectivity index (χ0) is 13.8. The molecule has 0 aliphatic rings. The molecule has 1 aromatic heterocycles. The molecule has 1 atom stereocenters. The van der Waals surface area contributed by atoms with Crippen LogP contribution in [0.4, 0.5) is 5.69 Å². The summed E-state index contributed by atoms with van der Waals surface area (Å²) in [5.74, 6) is -0.849. The number of carboxylic acids is 1. The average molecular weight is 259 g/mol. The number of benzene rings is 1. The first-order valence-corrected chi connectivity index (χ1v) is 6.11. The Hall–Kier alpha value is -2.30. The standard InChI is InChI=1S/C14H17N3O2/c1-11(13-8-9-15-16(13)2)17(10-14(18)19)12-6-4-3-5-7-12/h3-9,11H,10H2,1-2H3,(H,18,19). The first-order valence-electron chi connectivity index (χ1n) is 6.11. The lowest BCUT2D eigenvalue weighted by molar-refractivity contribution is -0.135. The molecule has 0 radical (unpaired) electrons. The van der Waals surface area contributed by atoms with E-state index < -0.39 is 5.97 Å². The Kier molecular flexibility index (Phi) is 3.85. The van der Waals surface area contributed by atoms with Gasteiger partial charge in [-0.3, -0.25) is 9.48 Å². The summed E-state index contributed by atoms with van der Waals surface area (Å²) in [7, 11) is 1.86. The maximum Gasteiger partial charge on any atom is 0.323 e. The van der Waals surface area contributed by atoms with Gasteiger partial charge in [0.25, 0.3) is 0 Å². The minimum Gasteiger partial charge on any atom is -0.480 e. The van der Waals surface area contributed by atoms with Crippen LogP contribution in [0, 0.1) is 0 Å². The van der Waals surface area contributed by atoms with Crippen LogP contribution in [0.25, 0.3) is 0 Å². The van der Waals surface area contributed by atoms with Gasteiger partial charge in [-0.05, 0) is 25.1 Å². The van der Waals surface area contributed by atoms with E-state index in [1.807, 2.05) is 55.3 Å². The second-order valence-electron chi connectivity index (χ2n) is 4.41. The van der Waals surface area contributed by atoms with E-state index in [1.54, 1.807) is 10.9 Å². The molecule has 0 amide bonds. The molecule has 2 rings (SSSR count).